The van der Waals surface area contributed by atoms with E-state index in [4.69, 9.17) is 21.4 Å². The fourth-order valence-corrected chi connectivity index (χ4v) is 1.61. The molecule has 0 bridgehead atoms. The molecule has 0 aliphatic heterocycles. The Kier molecular flexibility index (Phi) is 4.38. The van der Waals surface area contributed by atoms with Gasteiger partial charge in [-0.15, -0.1) is 0 Å². The van der Waals surface area contributed by atoms with E-state index < -0.39 is 11.8 Å². The largest absolute Gasteiger partial charge is 0.478 e. The molecule has 0 fully saturated rings. The minimum Gasteiger partial charge on any atom is -0.478 e. The minimum absolute atomic E-state index is 0.0338. The lowest BCUT2D eigenvalue weighted by molar-refractivity contribution is -0.131. The van der Waals surface area contributed by atoms with Gasteiger partial charge in [0.2, 0.25) is 0 Å². The third-order valence-corrected chi connectivity index (χ3v) is 2.73. The Balaban J connectivity index is 2.10. The molecule has 2 rings (SSSR count). The van der Waals surface area contributed by atoms with Gasteiger partial charge in [-0.05, 0) is 35.9 Å². The summed E-state index contributed by atoms with van der Waals surface area (Å²) < 4.78 is 18.7. The third kappa shape index (κ3) is 3.83. The Morgan fingerprint density at radius 2 is 1.80 bits per heavy atom. The first-order valence-corrected chi connectivity index (χ1v) is 6.06. The second-order valence-electron chi connectivity index (χ2n) is 3.92. The zero-order chi connectivity index (χ0) is 14.5. The van der Waals surface area contributed by atoms with E-state index in [1.54, 1.807) is 30.3 Å². The number of carboxylic acid groups (broad SMARTS) is 1. The van der Waals surface area contributed by atoms with Crippen molar-refractivity contribution in [3.63, 3.8) is 0 Å². The predicted molar refractivity (Wildman–Crippen MR) is 74.6 cm³/mol. The fraction of sp³-hybridized carbons (Fsp3) is 0. The van der Waals surface area contributed by atoms with Crippen LogP contribution in [0.4, 0.5) is 4.39 Å². The van der Waals surface area contributed by atoms with Crippen LogP contribution in [0.1, 0.15) is 5.56 Å². The van der Waals surface area contributed by atoms with Crippen LogP contribution in [0.2, 0.25) is 5.02 Å². The second-order valence-corrected chi connectivity index (χ2v) is 4.33. The van der Waals surface area contributed by atoms with Crippen molar-refractivity contribution in [3.05, 3.63) is 64.9 Å². The molecular weight excluding hydrogens is 283 g/mol. The average molecular weight is 293 g/mol. The van der Waals surface area contributed by atoms with Crippen LogP contribution in [-0.2, 0) is 4.79 Å². The number of halogens is 2. The molecule has 102 valence electrons. The number of carboxylic acids is 1. The molecule has 2 aromatic carbocycles. The van der Waals surface area contributed by atoms with Crippen LogP contribution in [0.25, 0.3) is 6.08 Å². The maximum Gasteiger partial charge on any atom is 0.328 e. The summed E-state index contributed by atoms with van der Waals surface area (Å²) in [4.78, 5) is 10.4. The quantitative estimate of drug-likeness (QED) is 0.851. The molecule has 0 aromatic heterocycles. The predicted octanol–water partition coefficient (Wildman–Crippen LogP) is 4.37. The standard InChI is InChI=1S/C15H10ClFO3/c16-13-7-6-12(9-14(13)17)20-11-4-1-10(2-5-11)3-8-15(18)19/h1-9H,(H,18,19)/b8-3+. The van der Waals surface area contributed by atoms with E-state index in [1.165, 1.54) is 18.2 Å². The average Bonchev–Trinajstić information content (AvgIpc) is 2.42. The van der Waals surface area contributed by atoms with Crippen LogP contribution in [0.15, 0.2) is 48.5 Å². The minimum atomic E-state index is -1.01. The smallest absolute Gasteiger partial charge is 0.328 e. The molecule has 0 aliphatic carbocycles. The van der Waals surface area contributed by atoms with Gasteiger partial charge in [0, 0.05) is 12.1 Å². The Bertz CT molecular complexity index is 651. The summed E-state index contributed by atoms with van der Waals surface area (Å²) in [6.45, 7) is 0. The lowest BCUT2D eigenvalue weighted by Gasteiger charge is -2.06. The highest BCUT2D eigenvalue weighted by molar-refractivity contribution is 6.30. The van der Waals surface area contributed by atoms with Gasteiger partial charge in [-0.2, -0.15) is 0 Å². The first kappa shape index (κ1) is 14.1. The number of hydrogen-bond acceptors (Lipinski definition) is 2. The fourth-order valence-electron chi connectivity index (χ4n) is 1.49. The van der Waals surface area contributed by atoms with Crippen LogP contribution in [0.3, 0.4) is 0 Å². The molecule has 0 atom stereocenters. The summed E-state index contributed by atoms with van der Waals surface area (Å²) in [5.41, 5.74) is 0.724. The summed E-state index contributed by atoms with van der Waals surface area (Å²) in [5.74, 6) is -0.716. The maximum atomic E-state index is 13.2. The Morgan fingerprint density at radius 1 is 1.15 bits per heavy atom. The van der Waals surface area contributed by atoms with Crippen molar-refractivity contribution in [2.24, 2.45) is 0 Å². The third-order valence-electron chi connectivity index (χ3n) is 2.43. The SMILES string of the molecule is O=C(O)/C=C/c1ccc(Oc2ccc(Cl)c(F)c2)cc1. The maximum absolute atomic E-state index is 13.2. The summed E-state index contributed by atoms with van der Waals surface area (Å²) in [6, 6.07) is 10.9. The number of benzene rings is 2. The number of carbonyl (C=O) groups is 1. The van der Waals surface area contributed by atoms with Crippen LogP contribution < -0.4 is 4.74 Å². The summed E-state index contributed by atoms with van der Waals surface area (Å²) in [6.07, 6.45) is 2.51. The van der Waals surface area contributed by atoms with Gasteiger partial charge in [-0.1, -0.05) is 23.7 Å². The van der Waals surface area contributed by atoms with Crippen molar-refractivity contribution in [1.82, 2.24) is 0 Å². The van der Waals surface area contributed by atoms with E-state index in [0.717, 1.165) is 11.6 Å². The van der Waals surface area contributed by atoms with E-state index in [0.29, 0.717) is 11.5 Å². The Labute approximate surface area is 119 Å². The molecule has 1 N–H and O–H groups in total. The van der Waals surface area contributed by atoms with Gasteiger partial charge in [0.1, 0.15) is 17.3 Å². The van der Waals surface area contributed by atoms with Gasteiger partial charge in [0.25, 0.3) is 0 Å². The zero-order valence-electron chi connectivity index (χ0n) is 10.2. The highest BCUT2D eigenvalue weighted by atomic mass is 35.5. The van der Waals surface area contributed by atoms with Crippen LogP contribution in [0.5, 0.6) is 11.5 Å². The van der Waals surface area contributed by atoms with Crippen LogP contribution in [0, 0.1) is 5.82 Å². The van der Waals surface area contributed by atoms with E-state index >= 15 is 0 Å². The van der Waals surface area contributed by atoms with Crippen molar-refractivity contribution in [3.8, 4) is 11.5 Å². The molecule has 0 spiro atoms. The molecule has 0 radical (unpaired) electrons. The van der Waals surface area contributed by atoms with Gasteiger partial charge < -0.3 is 9.84 Å². The molecule has 0 amide bonds. The first-order valence-electron chi connectivity index (χ1n) is 5.68. The molecule has 0 aliphatic rings. The molecule has 0 saturated carbocycles. The number of ether oxygens (including phenoxy) is 1. The van der Waals surface area contributed by atoms with Crippen LogP contribution >= 0.6 is 11.6 Å². The van der Waals surface area contributed by atoms with Crippen molar-refractivity contribution in [2.45, 2.75) is 0 Å². The molecule has 5 heteroatoms. The zero-order valence-corrected chi connectivity index (χ0v) is 11.0. The van der Waals surface area contributed by atoms with Crippen molar-refractivity contribution in [2.75, 3.05) is 0 Å². The molecular formula is C15H10ClFO3. The topological polar surface area (TPSA) is 46.5 Å². The van der Waals surface area contributed by atoms with E-state index in [-0.39, 0.29) is 5.02 Å². The van der Waals surface area contributed by atoms with Crippen molar-refractivity contribution < 1.29 is 19.0 Å². The Hall–Kier alpha value is -2.33. The highest BCUT2D eigenvalue weighted by Gasteiger charge is 2.03. The molecule has 3 nitrogen and oxygen atoms in total. The highest BCUT2D eigenvalue weighted by Crippen LogP contribution is 2.25. The summed E-state index contributed by atoms with van der Waals surface area (Å²) in [5, 5.41) is 8.55. The molecule has 0 heterocycles. The molecule has 2 aromatic rings. The van der Waals surface area contributed by atoms with E-state index in [2.05, 4.69) is 0 Å². The number of hydrogen-bond donors (Lipinski definition) is 1. The van der Waals surface area contributed by atoms with Gasteiger partial charge in [0.15, 0.2) is 0 Å². The molecule has 20 heavy (non-hydrogen) atoms. The van der Waals surface area contributed by atoms with Crippen molar-refractivity contribution >= 4 is 23.6 Å². The summed E-state index contributed by atoms with van der Waals surface area (Å²) in [7, 11) is 0. The monoisotopic (exact) mass is 292 g/mol. The van der Waals surface area contributed by atoms with E-state index in [1.807, 2.05) is 0 Å². The van der Waals surface area contributed by atoms with E-state index in [9.17, 15) is 9.18 Å². The van der Waals surface area contributed by atoms with Crippen LogP contribution in [-0.4, -0.2) is 11.1 Å². The lowest BCUT2D eigenvalue weighted by Crippen LogP contribution is -1.87. The lowest BCUT2D eigenvalue weighted by atomic mass is 10.2. The van der Waals surface area contributed by atoms with Gasteiger partial charge in [0.05, 0.1) is 5.02 Å². The number of rotatable bonds is 4. The molecule has 0 saturated heterocycles. The summed E-state index contributed by atoms with van der Waals surface area (Å²) >= 11 is 5.58. The van der Waals surface area contributed by atoms with Gasteiger partial charge in [-0.3, -0.25) is 0 Å². The van der Waals surface area contributed by atoms with Gasteiger partial charge in [-0.25, -0.2) is 9.18 Å². The number of aliphatic carboxylic acids is 1. The normalized spacial score (nSPS) is 10.7. The first-order chi connectivity index (χ1) is 9.54. The van der Waals surface area contributed by atoms with Gasteiger partial charge >= 0.3 is 5.97 Å². The second kappa shape index (κ2) is 6.21. The molecule has 0 unspecified atom stereocenters. The Morgan fingerprint density at radius 3 is 2.40 bits per heavy atom. The van der Waals surface area contributed by atoms with Crippen molar-refractivity contribution in [1.29, 1.82) is 0 Å².